The number of anilines is 1. The van der Waals surface area contributed by atoms with E-state index in [4.69, 9.17) is 14.2 Å². The zero-order valence-electron chi connectivity index (χ0n) is 14.1. The molecule has 0 unspecified atom stereocenters. The molecule has 0 aliphatic carbocycles. The number of amides is 1. The van der Waals surface area contributed by atoms with Crippen LogP contribution in [0.4, 0.5) is 5.69 Å². The van der Waals surface area contributed by atoms with Gasteiger partial charge in [0, 0.05) is 6.61 Å². The van der Waals surface area contributed by atoms with Crippen molar-refractivity contribution >= 4 is 11.6 Å². The summed E-state index contributed by atoms with van der Waals surface area (Å²) in [6.07, 6.45) is 0. The molecule has 24 heavy (non-hydrogen) atoms. The van der Waals surface area contributed by atoms with Gasteiger partial charge in [-0.1, -0.05) is 24.3 Å². The van der Waals surface area contributed by atoms with Gasteiger partial charge >= 0.3 is 0 Å². The Morgan fingerprint density at radius 1 is 0.875 bits per heavy atom. The Morgan fingerprint density at radius 2 is 1.58 bits per heavy atom. The van der Waals surface area contributed by atoms with E-state index in [0.29, 0.717) is 49.2 Å². The Morgan fingerprint density at radius 3 is 2.33 bits per heavy atom. The van der Waals surface area contributed by atoms with Crippen LogP contribution in [-0.2, 0) is 4.74 Å². The van der Waals surface area contributed by atoms with Gasteiger partial charge in [0.1, 0.15) is 18.1 Å². The summed E-state index contributed by atoms with van der Waals surface area (Å²) in [6.45, 7) is 5.88. The van der Waals surface area contributed by atoms with Crippen molar-refractivity contribution in [3.05, 3.63) is 54.1 Å². The first-order chi connectivity index (χ1) is 11.8. The van der Waals surface area contributed by atoms with Gasteiger partial charge in [-0.05, 0) is 38.1 Å². The number of rotatable bonds is 9. The van der Waals surface area contributed by atoms with Crippen LogP contribution in [0.5, 0.6) is 11.5 Å². The highest BCUT2D eigenvalue weighted by Gasteiger charge is 2.14. The van der Waals surface area contributed by atoms with Gasteiger partial charge in [-0.2, -0.15) is 0 Å². The van der Waals surface area contributed by atoms with E-state index in [1.54, 1.807) is 24.3 Å². The molecule has 0 aliphatic rings. The minimum Gasteiger partial charge on any atom is -0.492 e. The van der Waals surface area contributed by atoms with Crippen LogP contribution in [-0.4, -0.2) is 32.3 Å². The fourth-order valence-corrected chi connectivity index (χ4v) is 2.18. The van der Waals surface area contributed by atoms with E-state index < -0.39 is 0 Å². The lowest BCUT2D eigenvalue weighted by atomic mass is 10.1. The maximum absolute atomic E-state index is 12.6. The highest BCUT2D eigenvalue weighted by atomic mass is 16.5. The summed E-state index contributed by atoms with van der Waals surface area (Å²) in [5, 5.41) is 2.88. The maximum atomic E-state index is 12.6. The van der Waals surface area contributed by atoms with Gasteiger partial charge in [0.25, 0.3) is 5.91 Å². The van der Waals surface area contributed by atoms with E-state index in [1.165, 1.54) is 0 Å². The fraction of sp³-hybridized carbons (Fsp3) is 0.316. The number of hydrogen-bond acceptors (Lipinski definition) is 4. The van der Waals surface area contributed by atoms with Gasteiger partial charge < -0.3 is 19.5 Å². The first kappa shape index (κ1) is 17.8. The van der Waals surface area contributed by atoms with Gasteiger partial charge in [-0.3, -0.25) is 4.79 Å². The number of para-hydroxylation sites is 3. The molecule has 0 atom stereocenters. The molecule has 0 heterocycles. The molecular formula is C19H23NO4. The summed E-state index contributed by atoms with van der Waals surface area (Å²) >= 11 is 0. The van der Waals surface area contributed by atoms with Crippen LogP contribution in [0, 0.1) is 0 Å². The van der Waals surface area contributed by atoms with Crippen LogP contribution in [0.2, 0.25) is 0 Å². The molecular weight excluding hydrogens is 306 g/mol. The molecule has 2 rings (SSSR count). The highest BCUT2D eigenvalue weighted by Crippen LogP contribution is 2.26. The van der Waals surface area contributed by atoms with Crippen molar-refractivity contribution in [2.75, 3.05) is 31.7 Å². The summed E-state index contributed by atoms with van der Waals surface area (Å²) < 4.78 is 16.4. The normalized spacial score (nSPS) is 10.2. The van der Waals surface area contributed by atoms with Gasteiger partial charge in [0.2, 0.25) is 0 Å². The quantitative estimate of drug-likeness (QED) is 0.712. The second-order valence-corrected chi connectivity index (χ2v) is 4.92. The summed E-state index contributed by atoms with van der Waals surface area (Å²) in [7, 11) is 0. The molecule has 128 valence electrons. The number of ether oxygens (including phenoxy) is 3. The lowest BCUT2D eigenvalue weighted by molar-refractivity contribution is 0.0997. The average molecular weight is 329 g/mol. The standard InChI is InChI=1S/C19H23NO4/c1-3-22-13-14-24-17-11-7-5-9-15(17)19(21)20-16-10-6-8-12-18(16)23-4-2/h5-12H,3-4,13-14H2,1-2H3,(H,20,21). The zero-order chi connectivity index (χ0) is 17.2. The molecule has 0 aromatic heterocycles. The molecule has 0 bridgehead atoms. The molecule has 2 aromatic rings. The van der Waals surface area contributed by atoms with Crippen LogP contribution < -0.4 is 14.8 Å². The van der Waals surface area contributed by atoms with Gasteiger partial charge in [0.15, 0.2) is 0 Å². The third-order valence-electron chi connectivity index (χ3n) is 3.26. The molecule has 1 amide bonds. The summed E-state index contributed by atoms with van der Waals surface area (Å²) in [5.41, 5.74) is 1.11. The van der Waals surface area contributed by atoms with Crippen LogP contribution in [0.3, 0.4) is 0 Å². The molecule has 5 heteroatoms. The van der Waals surface area contributed by atoms with Crippen molar-refractivity contribution in [1.82, 2.24) is 0 Å². The summed E-state index contributed by atoms with van der Waals surface area (Å²) in [5.74, 6) is 0.931. The Balaban J connectivity index is 2.10. The Bertz CT molecular complexity index is 657. The topological polar surface area (TPSA) is 56.8 Å². The molecule has 0 spiro atoms. The van der Waals surface area contributed by atoms with E-state index in [0.717, 1.165) is 0 Å². The zero-order valence-corrected chi connectivity index (χ0v) is 14.1. The largest absolute Gasteiger partial charge is 0.492 e. The average Bonchev–Trinajstić information content (AvgIpc) is 2.61. The molecule has 0 saturated heterocycles. The lowest BCUT2D eigenvalue weighted by Crippen LogP contribution is -2.15. The molecule has 5 nitrogen and oxygen atoms in total. The first-order valence-electron chi connectivity index (χ1n) is 8.09. The minimum atomic E-state index is -0.242. The van der Waals surface area contributed by atoms with Crippen LogP contribution >= 0.6 is 0 Å². The van der Waals surface area contributed by atoms with Gasteiger partial charge in [0.05, 0.1) is 24.5 Å². The summed E-state index contributed by atoms with van der Waals surface area (Å²) in [6, 6.07) is 14.5. The van der Waals surface area contributed by atoms with Crippen molar-refractivity contribution in [3.63, 3.8) is 0 Å². The molecule has 0 radical (unpaired) electrons. The third kappa shape index (κ3) is 4.99. The fourth-order valence-electron chi connectivity index (χ4n) is 2.18. The molecule has 0 fully saturated rings. The van der Waals surface area contributed by atoms with Gasteiger partial charge in [-0.15, -0.1) is 0 Å². The van der Waals surface area contributed by atoms with E-state index in [1.807, 2.05) is 38.1 Å². The van der Waals surface area contributed by atoms with E-state index >= 15 is 0 Å². The number of nitrogens with one attached hydrogen (secondary N) is 1. The lowest BCUT2D eigenvalue weighted by Gasteiger charge is -2.14. The van der Waals surface area contributed by atoms with Crippen molar-refractivity contribution in [3.8, 4) is 11.5 Å². The van der Waals surface area contributed by atoms with Crippen molar-refractivity contribution in [2.24, 2.45) is 0 Å². The number of benzene rings is 2. The number of carbonyl (C=O) groups is 1. The van der Waals surface area contributed by atoms with Crippen LogP contribution in [0.25, 0.3) is 0 Å². The summed E-state index contributed by atoms with van der Waals surface area (Å²) in [4.78, 5) is 12.6. The minimum absolute atomic E-state index is 0.242. The molecule has 2 aromatic carbocycles. The third-order valence-corrected chi connectivity index (χ3v) is 3.26. The van der Waals surface area contributed by atoms with Crippen LogP contribution in [0.1, 0.15) is 24.2 Å². The Hall–Kier alpha value is -2.53. The van der Waals surface area contributed by atoms with Crippen molar-refractivity contribution < 1.29 is 19.0 Å². The smallest absolute Gasteiger partial charge is 0.259 e. The molecule has 0 aliphatic heterocycles. The maximum Gasteiger partial charge on any atom is 0.259 e. The predicted molar refractivity (Wildman–Crippen MR) is 94.0 cm³/mol. The molecule has 0 saturated carbocycles. The second kappa shape index (κ2) is 9.57. The predicted octanol–water partition coefficient (Wildman–Crippen LogP) is 3.75. The molecule has 1 N–H and O–H groups in total. The number of carbonyl (C=O) groups excluding carboxylic acids is 1. The van der Waals surface area contributed by atoms with Crippen LogP contribution in [0.15, 0.2) is 48.5 Å². The number of hydrogen-bond donors (Lipinski definition) is 1. The SMILES string of the molecule is CCOCCOc1ccccc1C(=O)Nc1ccccc1OCC. The van der Waals surface area contributed by atoms with Gasteiger partial charge in [-0.25, -0.2) is 0 Å². The van der Waals surface area contributed by atoms with E-state index in [9.17, 15) is 4.79 Å². The second-order valence-electron chi connectivity index (χ2n) is 4.92. The first-order valence-corrected chi connectivity index (χ1v) is 8.09. The Labute approximate surface area is 142 Å². The van der Waals surface area contributed by atoms with E-state index in [2.05, 4.69) is 5.32 Å². The van der Waals surface area contributed by atoms with E-state index in [-0.39, 0.29) is 5.91 Å². The highest BCUT2D eigenvalue weighted by molar-refractivity contribution is 6.06. The van der Waals surface area contributed by atoms with Crippen molar-refractivity contribution in [1.29, 1.82) is 0 Å². The Kier molecular flexibility index (Phi) is 7.11. The van der Waals surface area contributed by atoms with Crippen molar-refractivity contribution in [2.45, 2.75) is 13.8 Å². The monoisotopic (exact) mass is 329 g/mol.